The Morgan fingerprint density at radius 3 is 2.18 bits per heavy atom. The minimum Gasteiger partial charge on any atom is -0.354 e. The van der Waals surface area contributed by atoms with Crippen LogP contribution in [0.15, 0.2) is 17.3 Å². The van der Waals surface area contributed by atoms with Crippen LogP contribution in [0.1, 0.15) is 60.8 Å². The number of amidine groups is 1. The maximum atomic E-state index is 4.74. The highest BCUT2D eigenvalue weighted by Gasteiger charge is 2.40. The van der Waals surface area contributed by atoms with Crippen molar-refractivity contribution in [2.75, 3.05) is 0 Å². The Bertz CT molecular complexity index is 292. The van der Waals surface area contributed by atoms with Crippen molar-refractivity contribution >= 4 is 5.84 Å². The van der Waals surface area contributed by atoms with Gasteiger partial charge in [-0.15, -0.1) is 0 Å². The van der Waals surface area contributed by atoms with E-state index in [4.69, 9.17) is 4.99 Å². The zero-order valence-electron chi connectivity index (χ0n) is 12.3. The van der Waals surface area contributed by atoms with Crippen molar-refractivity contribution in [1.82, 2.24) is 4.90 Å². The van der Waals surface area contributed by atoms with Crippen LogP contribution in [0.4, 0.5) is 0 Å². The SMILES string of the molecule is C/C=C\N=C(N1C(C)CC1C)C(C)(CC)CC. The first kappa shape index (κ1) is 14.3. The molecule has 0 bridgehead atoms. The van der Waals surface area contributed by atoms with E-state index in [1.165, 1.54) is 12.3 Å². The Balaban J connectivity index is 3.03. The third-order valence-corrected chi connectivity index (χ3v) is 4.32. The van der Waals surface area contributed by atoms with E-state index in [0.717, 1.165) is 12.8 Å². The van der Waals surface area contributed by atoms with Crippen molar-refractivity contribution in [3.05, 3.63) is 12.3 Å². The number of hydrogen-bond donors (Lipinski definition) is 0. The van der Waals surface area contributed by atoms with Gasteiger partial charge in [0.25, 0.3) is 0 Å². The van der Waals surface area contributed by atoms with Crippen molar-refractivity contribution in [2.45, 2.75) is 72.9 Å². The highest BCUT2D eigenvalue weighted by molar-refractivity contribution is 5.89. The number of allylic oxidation sites excluding steroid dienone is 1. The number of nitrogens with zero attached hydrogens (tertiary/aromatic N) is 2. The molecule has 0 spiro atoms. The summed E-state index contributed by atoms with van der Waals surface area (Å²) >= 11 is 0. The molecule has 2 heteroatoms. The van der Waals surface area contributed by atoms with Gasteiger partial charge in [-0.3, -0.25) is 0 Å². The van der Waals surface area contributed by atoms with Crippen LogP contribution in [0.3, 0.4) is 0 Å². The molecule has 17 heavy (non-hydrogen) atoms. The van der Waals surface area contributed by atoms with E-state index in [0.29, 0.717) is 12.1 Å². The van der Waals surface area contributed by atoms with Gasteiger partial charge in [0.05, 0.1) is 0 Å². The Hall–Kier alpha value is -0.790. The minimum absolute atomic E-state index is 0.211. The van der Waals surface area contributed by atoms with E-state index >= 15 is 0 Å². The van der Waals surface area contributed by atoms with Crippen molar-refractivity contribution in [3.63, 3.8) is 0 Å². The summed E-state index contributed by atoms with van der Waals surface area (Å²) in [7, 11) is 0. The molecule has 0 saturated carbocycles. The van der Waals surface area contributed by atoms with Gasteiger partial charge in [-0.1, -0.05) is 26.8 Å². The molecule has 0 aromatic carbocycles. The second-order valence-electron chi connectivity index (χ2n) is 5.54. The molecule has 0 aromatic heterocycles. The van der Waals surface area contributed by atoms with Gasteiger partial charge in [0.15, 0.2) is 0 Å². The zero-order valence-corrected chi connectivity index (χ0v) is 12.3. The zero-order chi connectivity index (χ0) is 13.1. The molecule has 2 nitrogen and oxygen atoms in total. The van der Waals surface area contributed by atoms with Crippen LogP contribution in [-0.4, -0.2) is 22.8 Å². The van der Waals surface area contributed by atoms with Crippen LogP contribution in [0.25, 0.3) is 0 Å². The summed E-state index contributed by atoms with van der Waals surface area (Å²) in [5, 5.41) is 0. The molecule has 2 atom stereocenters. The van der Waals surface area contributed by atoms with Crippen molar-refractivity contribution in [2.24, 2.45) is 10.4 Å². The maximum Gasteiger partial charge on any atom is 0.110 e. The normalized spacial score (nSPS) is 26.5. The molecule has 98 valence electrons. The maximum absolute atomic E-state index is 4.74. The Morgan fingerprint density at radius 2 is 1.82 bits per heavy atom. The minimum atomic E-state index is 0.211. The predicted molar refractivity (Wildman–Crippen MR) is 76.3 cm³/mol. The molecule has 0 aromatic rings. The highest BCUT2D eigenvalue weighted by Crippen LogP contribution is 2.36. The molecule has 1 rings (SSSR count). The molecule has 1 aliphatic rings. The van der Waals surface area contributed by atoms with Gasteiger partial charge in [0.2, 0.25) is 0 Å². The summed E-state index contributed by atoms with van der Waals surface area (Å²) < 4.78 is 0. The molecule has 0 radical (unpaired) electrons. The first-order valence-electron chi connectivity index (χ1n) is 6.98. The summed E-state index contributed by atoms with van der Waals surface area (Å²) in [5.41, 5.74) is 0.211. The fourth-order valence-electron chi connectivity index (χ4n) is 2.68. The molecule has 1 saturated heterocycles. The van der Waals surface area contributed by atoms with E-state index in [2.05, 4.69) is 39.5 Å². The lowest BCUT2D eigenvalue weighted by molar-refractivity contribution is 0.105. The smallest absolute Gasteiger partial charge is 0.110 e. The van der Waals surface area contributed by atoms with Gasteiger partial charge < -0.3 is 4.90 Å². The van der Waals surface area contributed by atoms with Gasteiger partial charge in [-0.2, -0.15) is 0 Å². The molecule has 1 fully saturated rings. The standard InChI is InChI=1S/C15H28N2/c1-7-10-16-14(15(6,8-2)9-3)17-12(4)11-13(17)5/h7,10,12-13H,8-9,11H2,1-6H3/b10-7-,16-14?. The second-order valence-corrected chi connectivity index (χ2v) is 5.54. The number of hydrogen-bond acceptors (Lipinski definition) is 1. The molecule has 0 amide bonds. The summed E-state index contributed by atoms with van der Waals surface area (Å²) in [6.07, 6.45) is 7.54. The van der Waals surface area contributed by atoms with Crippen LogP contribution in [0.2, 0.25) is 0 Å². The van der Waals surface area contributed by atoms with Gasteiger partial charge in [0, 0.05) is 23.7 Å². The summed E-state index contributed by atoms with van der Waals surface area (Å²) in [6.45, 7) is 13.5. The first-order chi connectivity index (χ1) is 8.00. The molecule has 1 heterocycles. The summed E-state index contributed by atoms with van der Waals surface area (Å²) in [4.78, 5) is 7.25. The Kier molecular flexibility index (Phi) is 4.79. The van der Waals surface area contributed by atoms with E-state index < -0.39 is 0 Å². The number of likely N-dealkylation sites (tertiary alicyclic amines) is 1. The monoisotopic (exact) mass is 236 g/mol. The predicted octanol–water partition coefficient (Wildman–Crippen LogP) is 4.23. The number of aliphatic imine (C=N–C) groups is 1. The van der Waals surface area contributed by atoms with Gasteiger partial charge in [-0.05, 0) is 40.0 Å². The highest BCUT2D eigenvalue weighted by atomic mass is 15.3. The summed E-state index contributed by atoms with van der Waals surface area (Å²) in [5.74, 6) is 1.28. The lowest BCUT2D eigenvalue weighted by Crippen LogP contribution is -2.59. The molecule has 0 N–H and O–H groups in total. The van der Waals surface area contributed by atoms with Gasteiger partial charge >= 0.3 is 0 Å². The fraction of sp³-hybridized carbons (Fsp3) is 0.800. The van der Waals surface area contributed by atoms with Crippen molar-refractivity contribution in [1.29, 1.82) is 0 Å². The lowest BCUT2D eigenvalue weighted by atomic mass is 9.79. The van der Waals surface area contributed by atoms with Crippen molar-refractivity contribution < 1.29 is 0 Å². The topological polar surface area (TPSA) is 15.6 Å². The quantitative estimate of drug-likeness (QED) is 0.527. The van der Waals surface area contributed by atoms with Crippen LogP contribution in [0.5, 0.6) is 0 Å². The van der Waals surface area contributed by atoms with Crippen LogP contribution in [0, 0.1) is 5.41 Å². The molecule has 1 aliphatic heterocycles. The van der Waals surface area contributed by atoms with Crippen LogP contribution < -0.4 is 0 Å². The van der Waals surface area contributed by atoms with E-state index in [9.17, 15) is 0 Å². The van der Waals surface area contributed by atoms with Gasteiger partial charge in [-0.25, -0.2) is 4.99 Å². The summed E-state index contributed by atoms with van der Waals surface area (Å²) in [6, 6.07) is 1.29. The van der Waals surface area contributed by atoms with Crippen molar-refractivity contribution in [3.8, 4) is 0 Å². The van der Waals surface area contributed by atoms with Gasteiger partial charge in [0.1, 0.15) is 5.84 Å². The van der Waals surface area contributed by atoms with E-state index in [-0.39, 0.29) is 5.41 Å². The number of rotatable bonds is 4. The van der Waals surface area contributed by atoms with Crippen LogP contribution >= 0.6 is 0 Å². The average Bonchev–Trinajstić information content (AvgIpc) is 2.33. The Morgan fingerprint density at radius 1 is 1.29 bits per heavy atom. The third kappa shape index (κ3) is 2.72. The Labute approximate surface area is 107 Å². The largest absolute Gasteiger partial charge is 0.354 e. The average molecular weight is 236 g/mol. The van der Waals surface area contributed by atoms with E-state index in [1.807, 2.05) is 19.2 Å². The first-order valence-corrected chi connectivity index (χ1v) is 6.98. The fourth-order valence-corrected chi connectivity index (χ4v) is 2.68. The molecular weight excluding hydrogens is 208 g/mol. The molecular formula is C15H28N2. The lowest BCUT2D eigenvalue weighted by Gasteiger charge is -2.51. The third-order valence-electron chi connectivity index (χ3n) is 4.32. The molecule has 2 unspecified atom stereocenters. The second kappa shape index (κ2) is 5.70. The molecule has 0 aliphatic carbocycles. The van der Waals surface area contributed by atoms with E-state index in [1.54, 1.807) is 0 Å². The van der Waals surface area contributed by atoms with Crippen LogP contribution in [-0.2, 0) is 0 Å².